The number of hydrogen-bond donors (Lipinski definition) is 0. The van der Waals surface area contributed by atoms with Crippen LogP contribution in [0.3, 0.4) is 0 Å². The summed E-state index contributed by atoms with van der Waals surface area (Å²) in [6.45, 7) is 7.35. The van der Waals surface area contributed by atoms with Gasteiger partial charge in [0.05, 0.1) is 5.69 Å². The van der Waals surface area contributed by atoms with Crippen molar-refractivity contribution in [2.24, 2.45) is 5.92 Å². The van der Waals surface area contributed by atoms with Crippen molar-refractivity contribution in [3.8, 4) is 11.5 Å². The molecule has 4 aliphatic rings. The van der Waals surface area contributed by atoms with Crippen molar-refractivity contribution in [3.05, 3.63) is 95.1 Å². The second-order valence-electron chi connectivity index (χ2n) is 9.80. The van der Waals surface area contributed by atoms with Gasteiger partial charge in [0.1, 0.15) is 11.5 Å². The van der Waals surface area contributed by atoms with E-state index in [0.717, 1.165) is 17.9 Å². The minimum Gasteiger partial charge on any atom is -0.458 e. The molecule has 7 rings (SSSR count). The second kappa shape index (κ2) is 5.73. The zero-order valence-corrected chi connectivity index (χ0v) is 18.1. The first-order valence-corrected chi connectivity index (χ1v) is 11.3. The van der Waals surface area contributed by atoms with E-state index in [-0.39, 0.29) is 12.1 Å². The molecule has 3 aromatic rings. The van der Waals surface area contributed by atoms with Gasteiger partial charge >= 0.3 is 0 Å². The average molecular weight is 401 g/mol. The standard InChI is InChI=1S/C28H24BNO/c1-17-9-8-13-22-25(17)29-20-11-5-7-14-23(20)31-24-16-15-19-27(26(24)29)30(22)21-12-6-4-10-18(21)28(19,2)3/h4-8,10-17H,9H2,1-3H3. The minimum atomic E-state index is -0.0684. The highest BCUT2D eigenvalue weighted by atomic mass is 16.5. The predicted molar refractivity (Wildman–Crippen MR) is 129 cm³/mol. The molecule has 0 N–H and O–H groups in total. The van der Waals surface area contributed by atoms with Crippen LogP contribution in [-0.2, 0) is 5.41 Å². The Labute approximate surface area is 183 Å². The fourth-order valence-electron chi connectivity index (χ4n) is 6.32. The molecule has 1 aliphatic carbocycles. The third kappa shape index (κ3) is 2.04. The number of anilines is 2. The van der Waals surface area contributed by atoms with Gasteiger partial charge in [-0.2, -0.15) is 0 Å². The molecule has 0 aromatic heterocycles. The Bertz CT molecular complexity index is 1350. The first kappa shape index (κ1) is 17.5. The molecule has 3 aliphatic heterocycles. The minimum absolute atomic E-state index is 0.0684. The highest BCUT2D eigenvalue weighted by molar-refractivity contribution is 6.94. The maximum atomic E-state index is 6.50. The SMILES string of the molecule is CC1CC=CC2=C1B1c3ccccc3Oc3ccc4c(c31)N2c1ccccc1C4(C)C. The molecular formula is C28H24BNO. The quantitative estimate of drug-likeness (QED) is 0.456. The maximum absolute atomic E-state index is 6.50. The summed E-state index contributed by atoms with van der Waals surface area (Å²) in [4.78, 5) is 2.53. The Morgan fingerprint density at radius 2 is 1.74 bits per heavy atom. The fraction of sp³-hybridized carbons (Fsp3) is 0.214. The van der Waals surface area contributed by atoms with Gasteiger partial charge < -0.3 is 9.64 Å². The number of fused-ring (bicyclic) bond motifs is 6. The Balaban J connectivity index is 1.65. The van der Waals surface area contributed by atoms with Crippen LogP contribution >= 0.6 is 0 Å². The van der Waals surface area contributed by atoms with Gasteiger partial charge in [0, 0.05) is 16.8 Å². The molecule has 0 amide bonds. The molecule has 3 aromatic carbocycles. The Morgan fingerprint density at radius 3 is 2.65 bits per heavy atom. The Hall–Kier alpha value is -3.20. The number of ether oxygens (including phenoxy) is 1. The van der Waals surface area contributed by atoms with Crippen LogP contribution in [0.25, 0.3) is 0 Å². The molecule has 0 bridgehead atoms. The molecule has 0 spiro atoms. The van der Waals surface area contributed by atoms with Gasteiger partial charge in [-0.25, -0.2) is 0 Å². The summed E-state index contributed by atoms with van der Waals surface area (Å²) >= 11 is 0. The third-order valence-corrected chi connectivity index (χ3v) is 7.77. The summed E-state index contributed by atoms with van der Waals surface area (Å²) in [7, 11) is 0. The number of allylic oxidation sites excluding steroid dienone is 3. The molecule has 1 atom stereocenters. The van der Waals surface area contributed by atoms with Gasteiger partial charge in [0.25, 0.3) is 6.71 Å². The first-order valence-electron chi connectivity index (χ1n) is 11.3. The smallest absolute Gasteiger partial charge is 0.252 e. The van der Waals surface area contributed by atoms with E-state index in [9.17, 15) is 0 Å². The number of hydrogen-bond acceptors (Lipinski definition) is 2. The van der Waals surface area contributed by atoms with E-state index < -0.39 is 0 Å². The van der Waals surface area contributed by atoms with E-state index in [4.69, 9.17) is 4.74 Å². The van der Waals surface area contributed by atoms with Crippen LogP contribution in [0, 0.1) is 5.92 Å². The molecular weight excluding hydrogens is 377 g/mol. The molecule has 31 heavy (non-hydrogen) atoms. The van der Waals surface area contributed by atoms with E-state index >= 15 is 0 Å². The predicted octanol–water partition coefficient (Wildman–Crippen LogP) is 5.58. The van der Waals surface area contributed by atoms with Crippen molar-refractivity contribution in [2.75, 3.05) is 4.90 Å². The monoisotopic (exact) mass is 401 g/mol. The lowest BCUT2D eigenvalue weighted by Crippen LogP contribution is -2.56. The molecule has 3 heteroatoms. The van der Waals surface area contributed by atoms with Crippen molar-refractivity contribution in [1.82, 2.24) is 0 Å². The van der Waals surface area contributed by atoms with Crippen LogP contribution in [0.2, 0.25) is 0 Å². The van der Waals surface area contributed by atoms with E-state index in [1.807, 2.05) is 0 Å². The topological polar surface area (TPSA) is 12.5 Å². The lowest BCUT2D eigenvalue weighted by molar-refractivity contribution is 0.486. The molecule has 3 heterocycles. The first-order chi connectivity index (χ1) is 15.1. The lowest BCUT2D eigenvalue weighted by Gasteiger charge is -2.50. The zero-order valence-electron chi connectivity index (χ0n) is 18.1. The van der Waals surface area contributed by atoms with Crippen LogP contribution in [0.5, 0.6) is 11.5 Å². The summed E-state index contributed by atoms with van der Waals surface area (Å²) in [5.74, 6) is 2.50. The molecule has 2 nitrogen and oxygen atoms in total. The number of benzene rings is 3. The van der Waals surface area contributed by atoms with Crippen LogP contribution in [0.4, 0.5) is 11.4 Å². The summed E-state index contributed by atoms with van der Waals surface area (Å²) in [6.07, 6.45) is 5.80. The number of para-hydroxylation sites is 2. The number of rotatable bonds is 0. The van der Waals surface area contributed by atoms with Crippen LogP contribution in [0.15, 0.2) is 84.0 Å². The van der Waals surface area contributed by atoms with Crippen LogP contribution in [0.1, 0.15) is 38.3 Å². The average Bonchev–Trinajstić information content (AvgIpc) is 2.78. The fourth-order valence-corrected chi connectivity index (χ4v) is 6.32. The van der Waals surface area contributed by atoms with Gasteiger partial charge in [-0.15, -0.1) is 0 Å². The zero-order chi connectivity index (χ0) is 20.9. The summed E-state index contributed by atoms with van der Waals surface area (Å²) < 4.78 is 6.50. The van der Waals surface area contributed by atoms with Crippen LogP contribution < -0.4 is 20.6 Å². The van der Waals surface area contributed by atoms with Gasteiger partial charge in [-0.1, -0.05) is 74.8 Å². The van der Waals surface area contributed by atoms with Crippen molar-refractivity contribution < 1.29 is 4.74 Å². The largest absolute Gasteiger partial charge is 0.458 e. The van der Waals surface area contributed by atoms with Gasteiger partial charge in [0.2, 0.25) is 0 Å². The summed E-state index contributed by atoms with van der Waals surface area (Å²) in [5, 5.41) is 0. The third-order valence-electron chi connectivity index (χ3n) is 7.77. The molecule has 150 valence electrons. The number of nitrogens with zero attached hydrogens (tertiary/aromatic N) is 1. The van der Waals surface area contributed by atoms with Gasteiger partial charge in [-0.3, -0.25) is 0 Å². The van der Waals surface area contributed by atoms with Crippen LogP contribution in [-0.4, -0.2) is 6.71 Å². The van der Waals surface area contributed by atoms with E-state index in [1.54, 1.807) is 0 Å². The molecule has 0 saturated carbocycles. The van der Waals surface area contributed by atoms with E-state index in [0.29, 0.717) is 5.92 Å². The normalized spacial score (nSPS) is 21.1. The van der Waals surface area contributed by atoms with Crippen molar-refractivity contribution in [3.63, 3.8) is 0 Å². The summed E-state index contributed by atoms with van der Waals surface area (Å²) in [5.41, 5.74) is 10.9. The molecule has 0 saturated heterocycles. The summed E-state index contributed by atoms with van der Waals surface area (Å²) in [6, 6.07) is 22.0. The van der Waals surface area contributed by atoms with E-state index in [2.05, 4.69) is 98.5 Å². The molecule has 1 unspecified atom stereocenters. The molecule has 0 radical (unpaired) electrons. The van der Waals surface area contributed by atoms with Crippen molar-refractivity contribution in [2.45, 2.75) is 32.6 Å². The van der Waals surface area contributed by atoms with Crippen molar-refractivity contribution in [1.29, 1.82) is 0 Å². The van der Waals surface area contributed by atoms with Crippen molar-refractivity contribution >= 4 is 29.0 Å². The van der Waals surface area contributed by atoms with E-state index in [1.165, 1.54) is 44.6 Å². The highest BCUT2D eigenvalue weighted by Crippen LogP contribution is 2.54. The van der Waals surface area contributed by atoms with Gasteiger partial charge in [-0.05, 0) is 58.7 Å². The Kier molecular flexibility index (Phi) is 3.23. The lowest BCUT2D eigenvalue weighted by atomic mass is 9.31. The van der Waals surface area contributed by atoms with Gasteiger partial charge in [0.15, 0.2) is 0 Å². The maximum Gasteiger partial charge on any atom is 0.252 e. The second-order valence-corrected chi connectivity index (χ2v) is 9.80. The highest BCUT2D eigenvalue weighted by Gasteiger charge is 2.49. The Morgan fingerprint density at radius 1 is 0.935 bits per heavy atom. The molecule has 0 fully saturated rings.